The van der Waals surface area contributed by atoms with Gasteiger partial charge < -0.3 is 16.9 Å². The molecule has 2 aliphatic carbocycles. The van der Waals surface area contributed by atoms with Crippen molar-refractivity contribution in [2.75, 3.05) is 34.2 Å². The first-order valence-corrected chi connectivity index (χ1v) is 6.72. The van der Waals surface area contributed by atoms with E-state index in [2.05, 4.69) is 33.3 Å². The summed E-state index contributed by atoms with van der Waals surface area (Å²) in [6, 6.07) is 0. The minimum Gasteiger partial charge on any atom is -1.00 e. The van der Waals surface area contributed by atoms with Crippen molar-refractivity contribution < 1.29 is 26.5 Å². The first-order valence-electron chi connectivity index (χ1n) is 6.72. The fourth-order valence-corrected chi connectivity index (χ4v) is 3.58. The summed E-state index contributed by atoms with van der Waals surface area (Å²) in [5, 5.41) is 0. The highest BCUT2D eigenvalue weighted by Crippen LogP contribution is 2.52. The molecule has 1 saturated heterocycles. The van der Waals surface area contributed by atoms with Gasteiger partial charge in [-0.15, -0.1) is 0 Å². The lowest BCUT2D eigenvalue weighted by atomic mass is 9.85. The van der Waals surface area contributed by atoms with Crippen LogP contribution in [0.5, 0.6) is 0 Å². The van der Waals surface area contributed by atoms with Gasteiger partial charge in [-0.05, 0) is 18.3 Å². The third-order valence-electron chi connectivity index (χ3n) is 4.56. The zero-order valence-electron chi connectivity index (χ0n) is 11.7. The lowest BCUT2D eigenvalue weighted by Gasteiger charge is -2.26. The molecule has 0 aromatic carbocycles. The summed E-state index contributed by atoms with van der Waals surface area (Å²) in [4.78, 5) is 26.3. The molecular weight excluding hydrogens is 264 g/mol. The van der Waals surface area contributed by atoms with Crippen molar-refractivity contribution in [2.45, 2.75) is 6.42 Å². The van der Waals surface area contributed by atoms with E-state index in [1.54, 1.807) is 0 Å². The Hall–Kier alpha value is -0.870. The van der Waals surface area contributed by atoms with Crippen molar-refractivity contribution in [1.82, 2.24) is 4.90 Å². The van der Waals surface area contributed by atoms with Gasteiger partial charge in [0.1, 0.15) is 0 Å². The van der Waals surface area contributed by atoms with Crippen molar-refractivity contribution in [3.05, 3.63) is 12.2 Å². The summed E-state index contributed by atoms with van der Waals surface area (Å²) in [6.45, 7) is 1.38. The Morgan fingerprint density at radius 3 is 2.00 bits per heavy atom. The molecule has 0 spiro atoms. The van der Waals surface area contributed by atoms with Gasteiger partial charge in [-0.1, -0.05) is 12.2 Å². The molecule has 106 valence electrons. The summed E-state index contributed by atoms with van der Waals surface area (Å²) < 4.78 is 0.775. The van der Waals surface area contributed by atoms with E-state index in [-0.39, 0.29) is 36.1 Å². The van der Waals surface area contributed by atoms with Crippen LogP contribution in [-0.4, -0.2) is 55.4 Å². The number of hydrogen-bond donors (Lipinski definition) is 0. The highest BCUT2D eigenvalue weighted by Gasteiger charge is 2.59. The molecule has 1 aliphatic heterocycles. The highest BCUT2D eigenvalue weighted by atomic mass is 35.5. The molecule has 1 saturated carbocycles. The first kappa shape index (κ1) is 14.5. The Kier molecular flexibility index (Phi) is 3.52. The minimum atomic E-state index is -0.0417. The molecule has 2 amide bonds. The Morgan fingerprint density at radius 1 is 1.11 bits per heavy atom. The first-order chi connectivity index (χ1) is 8.38. The number of halogens is 1. The smallest absolute Gasteiger partial charge is 0.233 e. The summed E-state index contributed by atoms with van der Waals surface area (Å²) in [5.74, 6) is 0.724. The number of carbonyl (C=O) groups excluding carboxylic acids is 2. The average Bonchev–Trinajstić information content (AvgIpc) is 2.90. The van der Waals surface area contributed by atoms with Crippen LogP contribution in [0.3, 0.4) is 0 Å². The predicted octanol–water partition coefficient (Wildman–Crippen LogP) is -2.50. The molecule has 19 heavy (non-hydrogen) atoms. The number of hydrogen-bond acceptors (Lipinski definition) is 2. The monoisotopic (exact) mass is 284 g/mol. The lowest BCUT2D eigenvalue weighted by Crippen LogP contribution is -3.00. The van der Waals surface area contributed by atoms with Crippen molar-refractivity contribution in [3.63, 3.8) is 0 Å². The predicted molar refractivity (Wildman–Crippen MR) is 67.3 cm³/mol. The Labute approximate surface area is 120 Å². The third-order valence-corrected chi connectivity index (χ3v) is 4.56. The van der Waals surface area contributed by atoms with E-state index in [1.165, 1.54) is 4.90 Å². The summed E-state index contributed by atoms with van der Waals surface area (Å²) in [6.07, 6.45) is 5.29. The lowest BCUT2D eigenvalue weighted by molar-refractivity contribution is -0.869. The number of imide groups is 1. The van der Waals surface area contributed by atoms with Crippen molar-refractivity contribution in [1.29, 1.82) is 0 Å². The summed E-state index contributed by atoms with van der Waals surface area (Å²) in [7, 11) is 6.24. The van der Waals surface area contributed by atoms with Crippen LogP contribution in [0.2, 0.25) is 0 Å². The van der Waals surface area contributed by atoms with Gasteiger partial charge in [-0.3, -0.25) is 14.5 Å². The number of likely N-dealkylation sites (N-methyl/N-ethyl adjacent to an activating group) is 1. The molecule has 0 aromatic heterocycles. The second kappa shape index (κ2) is 4.60. The highest BCUT2D eigenvalue weighted by molar-refractivity contribution is 6.06. The number of likely N-dealkylation sites (tertiary alicyclic amines) is 1. The van der Waals surface area contributed by atoms with Crippen LogP contribution in [-0.2, 0) is 9.59 Å². The molecule has 4 atom stereocenters. The van der Waals surface area contributed by atoms with Gasteiger partial charge in [-0.2, -0.15) is 0 Å². The van der Waals surface area contributed by atoms with Gasteiger partial charge in [0.05, 0.1) is 46.1 Å². The molecule has 0 radical (unpaired) electrons. The molecule has 0 N–H and O–H groups in total. The van der Waals surface area contributed by atoms with Gasteiger partial charge in [0.15, 0.2) is 0 Å². The second-order valence-corrected chi connectivity index (χ2v) is 6.84. The molecule has 4 nitrogen and oxygen atoms in total. The van der Waals surface area contributed by atoms with Crippen LogP contribution in [0, 0.1) is 23.7 Å². The Balaban J connectivity index is 0.00000133. The normalized spacial score (nSPS) is 35.8. The topological polar surface area (TPSA) is 37.4 Å². The fraction of sp³-hybridized carbons (Fsp3) is 0.714. The quantitative estimate of drug-likeness (QED) is 0.327. The summed E-state index contributed by atoms with van der Waals surface area (Å²) >= 11 is 0. The van der Waals surface area contributed by atoms with E-state index in [0.29, 0.717) is 18.4 Å². The number of carbonyl (C=O) groups is 2. The number of allylic oxidation sites excluding steroid dienone is 2. The summed E-state index contributed by atoms with van der Waals surface area (Å²) in [5.41, 5.74) is 0. The van der Waals surface area contributed by atoms with E-state index in [0.717, 1.165) is 17.4 Å². The van der Waals surface area contributed by atoms with Crippen LogP contribution in [0.15, 0.2) is 12.2 Å². The van der Waals surface area contributed by atoms with Crippen molar-refractivity contribution in [3.8, 4) is 0 Å². The van der Waals surface area contributed by atoms with Gasteiger partial charge in [0, 0.05) is 0 Å². The number of quaternary nitrogens is 1. The van der Waals surface area contributed by atoms with Crippen molar-refractivity contribution in [2.24, 2.45) is 23.7 Å². The van der Waals surface area contributed by atoms with E-state index >= 15 is 0 Å². The zero-order valence-corrected chi connectivity index (χ0v) is 12.4. The van der Waals surface area contributed by atoms with E-state index in [4.69, 9.17) is 0 Å². The average molecular weight is 285 g/mol. The maximum Gasteiger partial charge on any atom is 0.233 e. The van der Waals surface area contributed by atoms with E-state index in [1.807, 2.05) is 0 Å². The van der Waals surface area contributed by atoms with Crippen LogP contribution >= 0.6 is 0 Å². The standard InChI is InChI=1S/C14H21N2O2.ClH/c1-16(2,3)7-6-15-13(17)11-9-4-5-10(8-9)12(11)14(15)18;/h4-5,9-12H,6-8H2,1-3H3;1H/q+1;/p-1. The molecule has 2 fully saturated rings. The van der Waals surface area contributed by atoms with Gasteiger partial charge in [-0.25, -0.2) is 0 Å². The number of fused-ring (bicyclic) bond motifs is 5. The molecule has 3 aliphatic rings. The van der Waals surface area contributed by atoms with Crippen LogP contribution in [0.1, 0.15) is 6.42 Å². The fourth-order valence-electron chi connectivity index (χ4n) is 3.58. The number of rotatable bonds is 3. The molecular formula is C14H21ClN2O2. The Morgan fingerprint density at radius 2 is 1.58 bits per heavy atom. The molecule has 5 heteroatoms. The molecule has 1 heterocycles. The van der Waals surface area contributed by atoms with Gasteiger partial charge in [0.2, 0.25) is 11.8 Å². The molecule has 0 aromatic rings. The zero-order chi connectivity index (χ0) is 13.1. The van der Waals surface area contributed by atoms with Crippen LogP contribution in [0.4, 0.5) is 0 Å². The third kappa shape index (κ3) is 2.21. The van der Waals surface area contributed by atoms with Crippen LogP contribution in [0.25, 0.3) is 0 Å². The second-order valence-electron chi connectivity index (χ2n) is 6.84. The maximum atomic E-state index is 12.4. The largest absolute Gasteiger partial charge is 1.00 e. The Bertz CT molecular complexity index is 411. The van der Waals surface area contributed by atoms with Crippen molar-refractivity contribution >= 4 is 11.8 Å². The number of nitrogens with zero attached hydrogens (tertiary/aromatic N) is 2. The van der Waals surface area contributed by atoms with E-state index < -0.39 is 0 Å². The SMILES string of the molecule is C[N+](C)(C)CCN1C(=O)C2C3C=CC(C3)C2C1=O.[Cl-]. The van der Waals surface area contributed by atoms with Crippen LogP contribution < -0.4 is 12.4 Å². The maximum absolute atomic E-state index is 12.4. The molecule has 3 rings (SSSR count). The van der Waals surface area contributed by atoms with Gasteiger partial charge >= 0.3 is 0 Å². The minimum absolute atomic E-state index is 0. The molecule has 2 bridgehead atoms. The van der Waals surface area contributed by atoms with Gasteiger partial charge in [0.25, 0.3) is 0 Å². The number of amides is 2. The van der Waals surface area contributed by atoms with E-state index in [9.17, 15) is 9.59 Å². The molecule has 4 unspecified atom stereocenters.